The molecule has 0 spiro atoms. The summed E-state index contributed by atoms with van der Waals surface area (Å²) in [5.41, 5.74) is 1.23. The molecule has 104 valence electrons. The van der Waals surface area contributed by atoms with Crippen LogP contribution in [0, 0.1) is 0 Å². The molecular formula is C14H15BrN4O. The first-order valence-corrected chi connectivity index (χ1v) is 7.11. The van der Waals surface area contributed by atoms with Crippen LogP contribution < -0.4 is 10.6 Å². The molecule has 5 nitrogen and oxygen atoms in total. The molecule has 20 heavy (non-hydrogen) atoms. The highest BCUT2D eigenvalue weighted by atomic mass is 79.9. The van der Waals surface area contributed by atoms with Crippen LogP contribution in [0.1, 0.15) is 23.8 Å². The minimum Gasteiger partial charge on any atom is -0.351 e. The van der Waals surface area contributed by atoms with Gasteiger partial charge >= 0.3 is 0 Å². The maximum Gasteiger partial charge on any atom is 0.271 e. The van der Waals surface area contributed by atoms with Gasteiger partial charge in [0.05, 0.1) is 12.4 Å². The molecule has 0 aliphatic carbocycles. The number of anilines is 2. The van der Waals surface area contributed by atoms with Crippen LogP contribution >= 0.6 is 15.9 Å². The molecular weight excluding hydrogens is 320 g/mol. The van der Waals surface area contributed by atoms with Gasteiger partial charge in [-0.2, -0.15) is 0 Å². The monoisotopic (exact) mass is 334 g/mol. The lowest BCUT2D eigenvalue weighted by Crippen LogP contribution is -2.25. The van der Waals surface area contributed by atoms with Crippen molar-refractivity contribution in [3.8, 4) is 0 Å². The number of nitrogens with zero attached hydrogens (tertiary/aromatic N) is 2. The molecule has 1 amide bonds. The molecule has 6 heteroatoms. The normalized spacial score (nSPS) is 10.1. The largest absolute Gasteiger partial charge is 0.351 e. The molecule has 0 aliphatic heterocycles. The van der Waals surface area contributed by atoms with E-state index in [9.17, 15) is 4.79 Å². The van der Waals surface area contributed by atoms with E-state index in [1.165, 1.54) is 6.20 Å². The Hall–Kier alpha value is -1.95. The number of halogens is 1. The molecule has 0 fully saturated rings. The van der Waals surface area contributed by atoms with Gasteiger partial charge in [-0.15, -0.1) is 0 Å². The number of benzene rings is 1. The van der Waals surface area contributed by atoms with Gasteiger partial charge < -0.3 is 10.6 Å². The fourth-order valence-electron chi connectivity index (χ4n) is 1.52. The minimum atomic E-state index is -0.199. The van der Waals surface area contributed by atoms with E-state index >= 15 is 0 Å². The molecule has 0 unspecified atom stereocenters. The van der Waals surface area contributed by atoms with Crippen LogP contribution in [0.25, 0.3) is 0 Å². The zero-order valence-corrected chi connectivity index (χ0v) is 12.6. The third kappa shape index (κ3) is 4.03. The Morgan fingerprint density at radius 2 is 1.95 bits per heavy atom. The SMILES string of the molecule is CCCNC(=O)c1cnc(Nc2ccc(Br)cc2)cn1. The first-order chi connectivity index (χ1) is 9.69. The Kier molecular flexibility index (Phi) is 5.06. The van der Waals surface area contributed by atoms with Gasteiger partial charge in [-0.1, -0.05) is 22.9 Å². The summed E-state index contributed by atoms with van der Waals surface area (Å²) in [5.74, 6) is 0.397. The molecule has 1 aromatic carbocycles. The Labute approximate surface area is 126 Å². The van der Waals surface area contributed by atoms with Gasteiger partial charge in [0.25, 0.3) is 5.91 Å². The zero-order valence-electron chi connectivity index (χ0n) is 11.1. The van der Waals surface area contributed by atoms with Crippen LogP contribution in [0.3, 0.4) is 0 Å². The predicted octanol–water partition coefficient (Wildman–Crippen LogP) is 3.12. The standard InChI is InChI=1S/C14H15BrN4O/c1-2-7-16-14(20)12-8-18-13(9-17-12)19-11-5-3-10(15)4-6-11/h3-6,8-9H,2,7H2,1H3,(H,16,20)(H,18,19). The van der Waals surface area contributed by atoms with Crippen LogP contribution in [0.2, 0.25) is 0 Å². The number of aromatic nitrogens is 2. The second kappa shape index (κ2) is 7.00. The molecule has 0 atom stereocenters. The number of carbonyl (C=O) groups is 1. The second-order valence-corrected chi connectivity index (χ2v) is 5.09. The summed E-state index contributed by atoms with van der Waals surface area (Å²) in [7, 11) is 0. The van der Waals surface area contributed by atoms with Gasteiger partial charge in [-0.25, -0.2) is 9.97 Å². The first-order valence-electron chi connectivity index (χ1n) is 6.32. The first kappa shape index (κ1) is 14.5. The van der Waals surface area contributed by atoms with Gasteiger partial charge in [-0.05, 0) is 30.7 Å². The zero-order chi connectivity index (χ0) is 14.4. The Morgan fingerprint density at radius 1 is 1.20 bits per heavy atom. The quantitative estimate of drug-likeness (QED) is 0.881. The van der Waals surface area contributed by atoms with Crippen molar-refractivity contribution in [2.45, 2.75) is 13.3 Å². The molecule has 0 aliphatic rings. The van der Waals surface area contributed by atoms with E-state index in [2.05, 4.69) is 36.5 Å². The molecule has 1 aromatic heterocycles. The predicted molar refractivity (Wildman–Crippen MR) is 82.1 cm³/mol. The third-order valence-electron chi connectivity index (χ3n) is 2.54. The van der Waals surface area contributed by atoms with Crippen molar-refractivity contribution >= 4 is 33.3 Å². The second-order valence-electron chi connectivity index (χ2n) is 4.17. The molecule has 0 bridgehead atoms. The van der Waals surface area contributed by atoms with E-state index in [1.54, 1.807) is 6.20 Å². The third-order valence-corrected chi connectivity index (χ3v) is 3.07. The maximum atomic E-state index is 11.7. The van der Waals surface area contributed by atoms with Gasteiger partial charge in [0, 0.05) is 16.7 Å². The lowest BCUT2D eigenvalue weighted by molar-refractivity contribution is 0.0948. The van der Waals surface area contributed by atoms with Crippen molar-refractivity contribution in [3.05, 3.63) is 46.8 Å². The molecule has 2 rings (SSSR count). The fraction of sp³-hybridized carbons (Fsp3) is 0.214. The average Bonchev–Trinajstić information content (AvgIpc) is 2.48. The summed E-state index contributed by atoms with van der Waals surface area (Å²) < 4.78 is 1.01. The maximum absolute atomic E-state index is 11.7. The van der Waals surface area contributed by atoms with Crippen LogP contribution in [0.4, 0.5) is 11.5 Å². The fourth-order valence-corrected chi connectivity index (χ4v) is 1.78. The van der Waals surface area contributed by atoms with E-state index in [0.29, 0.717) is 18.1 Å². The van der Waals surface area contributed by atoms with Crippen molar-refractivity contribution in [3.63, 3.8) is 0 Å². The van der Waals surface area contributed by atoms with Gasteiger partial charge in [0.1, 0.15) is 11.5 Å². The lowest BCUT2D eigenvalue weighted by Gasteiger charge is -2.06. The number of hydrogen-bond acceptors (Lipinski definition) is 4. The van der Waals surface area contributed by atoms with Crippen molar-refractivity contribution in [1.29, 1.82) is 0 Å². The van der Waals surface area contributed by atoms with E-state index in [4.69, 9.17) is 0 Å². The van der Waals surface area contributed by atoms with Gasteiger partial charge in [0.15, 0.2) is 0 Å². The Bertz CT molecular complexity index is 569. The van der Waals surface area contributed by atoms with Crippen molar-refractivity contribution in [2.24, 2.45) is 0 Å². The Balaban J connectivity index is 2.01. The lowest BCUT2D eigenvalue weighted by atomic mass is 10.3. The van der Waals surface area contributed by atoms with E-state index in [-0.39, 0.29) is 5.91 Å². The number of amides is 1. The molecule has 2 aromatic rings. The van der Waals surface area contributed by atoms with Crippen LogP contribution in [0.5, 0.6) is 0 Å². The van der Waals surface area contributed by atoms with Crippen molar-refractivity contribution in [2.75, 3.05) is 11.9 Å². The highest BCUT2D eigenvalue weighted by Crippen LogP contribution is 2.17. The summed E-state index contributed by atoms with van der Waals surface area (Å²) in [6.07, 6.45) is 3.90. The average molecular weight is 335 g/mol. The van der Waals surface area contributed by atoms with E-state index < -0.39 is 0 Å². The number of carbonyl (C=O) groups excluding carboxylic acids is 1. The number of nitrogens with one attached hydrogen (secondary N) is 2. The van der Waals surface area contributed by atoms with Crippen LogP contribution in [0.15, 0.2) is 41.1 Å². The molecule has 2 N–H and O–H groups in total. The molecule has 1 heterocycles. The van der Waals surface area contributed by atoms with Gasteiger partial charge in [0.2, 0.25) is 0 Å². The van der Waals surface area contributed by atoms with Crippen molar-refractivity contribution < 1.29 is 4.79 Å². The smallest absolute Gasteiger partial charge is 0.271 e. The Morgan fingerprint density at radius 3 is 2.55 bits per heavy atom. The molecule has 0 saturated carbocycles. The van der Waals surface area contributed by atoms with E-state index in [1.807, 2.05) is 31.2 Å². The summed E-state index contributed by atoms with van der Waals surface area (Å²) in [5, 5.41) is 5.87. The minimum absolute atomic E-state index is 0.199. The molecule has 0 radical (unpaired) electrons. The highest BCUT2D eigenvalue weighted by Gasteiger charge is 2.06. The van der Waals surface area contributed by atoms with Gasteiger partial charge in [-0.3, -0.25) is 4.79 Å². The van der Waals surface area contributed by atoms with Crippen LogP contribution in [-0.2, 0) is 0 Å². The summed E-state index contributed by atoms with van der Waals surface area (Å²) in [4.78, 5) is 19.9. The molecule has 0 saturated heterocycles. The van der Waals surface area contributed by atoms with Crippen LogP contribution in [-0.4, -0.2) is 22.4 Å². The summed E-state index contributed by atoms with van der Waals surface area (Å²) in [6, 6.07) is 7.71. The summed E-state index contributed by atoms with van der Waals surface area (Å²) >= 11 is 3.38. The summed E-state index contributed by atoms with van der Waals surface area (Å²) in [6.45, 7) is 2.64. The van der Waals surface area contributed by atoms with Crippen molar-refractivity contribution in [1.82, 2.24) is 15.3 Å². The highest BCUT2D eigenvalue weighted by molar-refractivity contribution is 9.10. The topological polar surface area (TPSA) is 66.9 Å². The van der Waals surface area contributed by atoms with E-state index in [0.717, 1.165) is 16.6 Å². The number of hydrogen-bond donors (Lipinski definition) is 2. The number of rotatable bonds is 5.